The Kier molecular flexibility index (Phi) is 48.2. The Morgan fingerprint density at radius 2 is 0.585 bits per heavy atom. The number of rotatable bonds is 43. The molecule has 0 fully saturated rings. The van der Waals surface area contributed by atoms with Gasteiger partial charge in [0.25, 0.3) is 0 Å². The number of hydrogen-bond donors (Lipinski definition) is 0. The molecule has 0 amide bonds. The van der Waals surface area contributed by atoms with E-state index in [4.69, 9.17) is 14.2 Å². The van der Waals surface area contributed by atoms with Gasteiger partial charge in [-0.3, -0.25) is 14.4 Å². The molecule has 0 N–H and O–H groups in total. The molecule has 0 aromatic heterocycles. The molecule has 1 unspecified atom stereocenters. The molecule has 0 spiro atoms. The molecule has 6 heteroatoms. The van der Waals surface area contributed by atoms with E-state index in [1.165, 1.54) is 12.8 Å². The molecule has 0 saturated heterocycles. The molecule has 0 aliphatic rings. The van der Waals surface area contributed by atoms with Gasteiger partial charge in [0.1, 0.15) is 13.2 Å². The molecule has 0 aromatic rings. The van der Waals surface area contributed by atoms with Gasteiger partial charge in [0.05, 0.1) is 0 Å². The number of hydrogen-bond acceptors (Lipinski definition) is 6. The maximum atomic E-state index is 12.8. The summed E-state index contributed by atoms with van der Waals surface area (Å²) in [6, 6.07) is 0. The van der Waals surface area contributed by atoms with Gasteiger partial charge < -0.3 is 14.2 Å². The first-order chi connectivity index (χ1) is 32.0. The Morgan fingerprint density at radius 1 is 0.308 bits per heavy atom. The fraction of sp³-hybridized carbons (Fsp3) is 0.542. The average Bonchev–Trinajstić information content (AvgIpc) is 3.30. The molecule has 0 heterocycles. The van der Waals surface area contributed by atoms with Crippen molar-refractivity contribution in [1.82, 2.24) is 0 Å². The Morgan fingerprint density at radius 3 is 0.954 bits per heavy atom. The van der Waals surface area contributed by atoms with Gasteiger partial charge in [-0.05, 0) is 122 Å². The first kappa shape index (κ1) is 60.3. The quantitative estimate of drug-likeness (QED) is 0.0263. The van der Waals surface area contributed by atoms with Crippen LogP contribution < -0.4 is 0 Å². The first-order valence-corrected chi connectivity index (χ1v) is 25.3. The third-order valence-corrected chi connectivity index (χ3v) is 9.83. The fourth-order valence-electron chi connectivity index (χ4n) is 6.14. The molecule has 0 aromatic carbocycles. The summed E-state index contributed by atoms with van der Waals surface area (Å²) < 4.78 is 16.7. The topological polar surface area (TPSA) is 78.9 Å². The minimum atomic E-state index is -0.845. The van der Waals surface area contributed by atoms with Crippen LogP contribution in [0.15, 0.2) is 146 Å². The number of allylic oxidation sites excluding steroid dienone is 24. The Bertz CT molecular complexity index is 1490. The lowest BCUT2D eigenvalue weighted by Gasteiger charge is -2.18. The van der Waals surface area contributed by atoms with E-state index in [2.05, 4.69) is 154 Å². The lowest BCUT2D eigenvalue weighted by Crippen LogP contribution is -2.30. The molecule has 0 aliphatic carbocycles. The summed E-state index contributed by atoms with van der Waals surface area (Å²) in [7, 11) is 0. The molecule has 0 aliphatic heterocycles. The predicted octanol–water partition coefficient (Wildman–Crippen LogP) is 16.9. The zero-order valence-electron chi connectivity index (χ0n) is 41.2. The van der Waals surface area contributed by atoms with Crippen molar-refractivity contribution in [2.75, 3.05) is 13.2 Å². The van der Waals surface area contributed by atoms with Crippen LogP contribution in [0.4, 0.5) is 0 Å². The SMILES string of the molecule is CC/C=C\C/C=C\C/C=C\C/C=C\C/C=C\CCC(=O)OC(COC(=O)CCCC/C=C\C/C=C\C/C=C\CC)COC(=O)CCCCCCCC/C=C\C/C=C\C/C=C\C/C=C\CC. The summed E-state index contributed by atoms with van der Waals surface area (Å²) in [5, 5.41) is 0. The highest BCUT2D eigenvalue weighted by Crippen LogP contribution is 2.11. The zero-order valence-corrected chi connectivity index (χ0v) is 41.2. The molecule has 6 nitrogen and oxygen atoms in total. The van der Waals surface area contributed by atoms with Gasteiger partial charge in [-0.25, -0.2) is 0 Å². The molecule has 0 radical (unpaired) electrons. The highest BCUT2D eigenvalue weighted by Gasteiger charge is 2.19. The van der Waals surface area contributed by atoms with Gasteiger partial charge in [-0.2, -0.15) is 0 Å². The highest BCUT2D eigenvalue weighted by atomic mass is 16.6. The number of unbranched alkanes of at least 4 members (excludes halogenated alkanes) is 8. The van der Waals surface area contributed by atoms with E-state index >= 15 is 0 Å². The van der Waals surface area contributed by atoms with Crippen molar-refractivity contribution >= 4 is 17.9 Å². The lowest BCUT2D eigenvalue weighted by atomic mass is 10.1. The van der Waals surface area contributed by atoms with E-state index in [1.54, 1.807) is 0 Å². The van der Waals surface area contributed by atoms with Crippen molar-refractivity contribution in [3.63, 3.8) is 0 Å². The minimum Gasteiger partial charge on any atom is -0.462 e. The van der Waals surface area contributed by atoms with E-state index in [0.717, 1.165) is 122 Å². The number of ether oxygens (including phenoxy) is 3. The van der Waals surface area contributed by atoms with Crippen LogP contribution in [0.25, 0.3) is 0 Å². The van der Waals surface area contributed by atoms with Gasteiger partial charge in [0.15, 0.2) is 6.10 Å². The van der Waals surface area contributed by atoms with Gasteiger partial charge in [-0.1, -0.05) is 192 Å². The summed E-state index contributed by atoms with van der Waals surface area (Å²) >= 11 is 0. The Labute approximate surface area is 397 Å². The summed E-state index contributed by atoms with van der Waals surface area (Å²) in [5.74, 6) is -1.09. The van der Waals surface area contributed by atoms with E-state index in [0.29, 0.717) is 19.3 Å². The van der Waals surface area contributed by atoms with Crippen LogP contribution in [-0.4, -0.2) is 37.2 Å². The van der Waals surface area contributed by atoms with Crippen molar-refractivity contribution in [2.24, 2.45) is 0 Å². The van der Waals surface area contributed by atoms with Crippen LogP contribution >= 0.6 is 0 Å². The second-order valence-electron chi connectivity index (χ2n) is 15.9. The van der Waals surface area contributed by atoms with Gasteiger partial charge >= 0.3 is 17.9 Å². The monoisotopic (exact) mass is 895 g/mol. The smallest absolute Gasteiger partial charge is 0.306 e. The number of carbonyl (C=O) groups excluding carboxylic acids is 3. The molecule has 65 heavy (non-hydrogen) atoms. The third-order valence-electron chi connectivity index (χ3n) is 9.83. The maximum absolute atomic E-state index is 12.8. The second kappa shape index (κ2) is 51.9. The molecule has 0 saturated carbocycles. The minimum absolute atomic E-state index is 0.134. The largest absolute Gasteiger partial charge is 0.462 e. The maximum Gasteiger partial charge on any atom is 0.306 e. The van der Waals surface area contributed by atoms with Crippen LogP contribution in [0.1, 0.15) is 188 Å². The third kappa shape index (κ3) is 50.2. The second-order valence-corrected chi connectivity index (χ2v) is 15.9. The molecule has 0 bridgehead atoms. The Hall–Kier alpha value is -4.71. The first-order valence-electron chi connectivity index (χ1n) is 25.3. The van der Waals surface area contributed by atoms with Crippen molar-refractivity contribution in [3.8, 4) is 0 Å². The van der Waals surface area contributed by atoms with Crippen molar-refractivity contribution in [2.45, 2.75) is 194 Å². The van der Waals surface area contributed by atoms with Crippen LogP contribution in [-0.2, 0) is 28.6 Å². The van der Waals surface area contributed by atoms with Crippen LogP contribution in [0.3, 0.4) is 0 Å². The van der Waals surface area contributed by atoms with E-state index in [1.807, 2.05) is 12.2 Å². The molecular weight excluding hydrogens is 805 g/mol. The van der Waals surface area contributed by atoms with Crippen molar-refractivity contribution < 1.29 is 28.6 Å². The standard InChI is InChI=1S/C59H90O6/c1-4-7-10-13-16-19-22-25-27-29-30-31-33-34-37-40-43-46-49-52-58(61)64-55-56(54-63-57(60)51-48-45-42-39-36-24-21-18-15-12-9-6-3)65-59(62)53-50-47-44-41-38-35-32-28-26-23-20-17-14-11-8-5-2/h7-12,16-21,25-28,30-31,35-36,38-39,44,47,56H,4-6,13-15,22-24,29,32-34,37,40-43,45-46,48-55H2,1-3H3/b10-7-,11-8-,12-9-,19-16-,20-17-,21-18-,27-25-,28-26-,31-30-,38-35-,39-36-,47-44-. The summed E-state index contributed by atoms with van der Waals surface area (Å²) in [6.07, 6.45) is 74.2. The fourth-order valence-corrected chi connectivity index (χ4v) is 6.14. The predicted molar refractivity (Wildman–Crippen MR) is 279 cm³/mol. The summed E-state index contributed by atoms with van der Waals surface area (Å²) in [5.41, 5.74) is 0. The van der Waals surface area contributed by atoms with Crippen LogP contribution in [0.2, 0.25) is 0 Å². The molecular formula is C59H90O6. The van der Waals surface area contributed by atoms with Crippen molar-refractivity contribution in [3.05, 3.63) is 146 Å². The summed E-state index contributed by atoms with van der Waals surface area (Å²) in [6.45, 7) is 6.15. The van der Waals surface area contributed by atoms with Gasteiger partial charge in [-0.15, -0.1) is 0 Å². The number of esters is 3. The summed E-state index contributed by atoms with van der Waals surface area (Å²) in [4.78, 5) is 37.9. The van der Waals surface area contributed by atoms with E-state index in [9.17, 15) is 14.4 Å². The molecule has 362 valence electrons. The zero-order chi connectivity index (χ0) is 47.2. The molecule has 1 atom stereocenters. The van der Waals surface area contributed by atoms with E-state index < -0.39 is 12.1 Å². The van der Waals surface area contributed by atoms with E-state index in [-0.39, 0.29) is 38.0 Å². The highest BCUT2D eigenvalue weighted by molar-refractivity contribution is 5.71. The number of carbonyl (C=O) groups is 3. The molecule has 0 rings (SSSR count). The normalized spacial score (nSPS) is 13.3. The lowest BCUT2D eigenvalue weighted by molar-refractivity contribution is -0.166. The average molecular weight is 895 g/mol. The van der Waals surface area contributed by atoms with Gasteiger partial charge in [0.2, 0.25) is 0 Å². The Balaban J connectivity index is 4.57. The van der Waals surface area contributed by atoms with Crippen LogP contribution in [0, 0.1) is 0 Å². The van der Waals surface area contributed by atoms with Crippen molar-refractivity contribution in [1.29, 1.82) is 0 Å². The van der Waals surface area contributed by atoms with Crippen LogP contribution in [0.5, 0.6) is 0 Å². The van der Waals surface area contributed by atoms with Gasteiger partial charge in [0, 0.05) is 19.3 Å².